The molecule has 5 N–H and O–H groups in total. The van der Waals surface area contributed by atoms with Crippen molar-refractivity contribution in [2.45, 2.75) is 38.9 Å². The molecule has 1 saturated heterocycles. The van der Waals surface area contributed by atoms with E-state index in [0.717, 1.165) is 44.7 Å². The number of halogens is 2. The Hall–Kier alpha value is -3.19. The number of rotatable bonds is 10. The van der Waals surface area contributed by atoms with Gasteiger partial charge >= 0.3 is 0 Å². The third-order valence-electron chi connectivity index (χ3n) is 6.85. The molecule has 1 aliphatic rings. The van der Waals surface area contributed by atoms with Crippen molar-refractivity contribution in [2.24, 2.45) is 5.73 Å². The highest BCUT2D eigenvalue weighted by Crippen LogP contribution is 2.31. The van der Waals surface area contributed by atoms with Crippen LogP contribution < -0.4 is 26.0 Å². The summed E-state index contributed by atoms with van der Waals surface area (Å²) in [5.41, 5.74) is 8.30. The number of benzene rings is 2. The van der Waals surface area contributed by atoms with E-state index in [0.29, 0.717) is 29.4 Å². The van der Waals surface area contributed by atoms with Gasteiger partial charge in [-0.2, -0.15) is 4.98 Å². The molecule has 0 aliphatic carbocycles. The van der Waals surface area contributed by atoms with E-state index in [2.05, 4.69) is 35.1 Å². The lowest BCUT2D eigenvalue weighted by Crippen LogP contribution is -2.47. The van der Waals surface area contributed by atoms with Gasteiger partial charge in [0.15, 0.2) is 0 Å². The lowest BCUT2D eigenvalue weighted by molar-refractivity contribution is 0.256. The van der Waals surface area contributed by atoms with Crippen molar-refractivity contribution in [3.8, 4) is 0 Å². The molecule has 1 aliphatic heterocycles. The maximum atomic E-state index is 15.1. The van der Waals surface area contributed by atoms with Crippen LogP contribution in [-0.4, -0.2) is 67.3 Å². The first-order valence-electron chi connectivity index (χ1n) is 13.5. The van der Waals surface area contributed by atoms with Crippen LogP contribution >= 0.6 is 11.6 Å². The molecule has 1 aromatic heterocycles. The van der Waals surface area contributed by atoms with E-state index in [-0.39, 0.29) is 22.5 Å². The summed E-state index contributed by atoms with van der Waals surface area (Å²) in [5, 5.41) is 6.53. The first kappa shape index (κ1) is 30.8. The molecule has 1 fully saturated rings. The summed E-state index contributed by atoms with van der Waals surface area (Å²) < 4.78 is 41.9. The highest BCUT2D eigenvalue weighted by atomic mass is 35.5. The van der Waals surface area contributed by atoms with Crippen LogP contribution in [0, 0.1) is 12.7 Å². The van der Waals surface area contributed by atoms with E-state index in [1.807, 2.05) is 13.0 Å². The Morgan fingerprint density at radius 1 is 1.05 bits per heavy atom. The largest absolute Gasteiger partial charge is 0.367 e. The maximum absolute atomic E-state index is 15.1. The number of aryl methyl sites for hydroxylation is 1. The monoisotopic (exact) mass is 604 g/mol. The quantitative estimate of drug-likeness (QED) is 0.250. The van der Waals surface area contributed by atoms with Crippen molar-refractivity contribution < 1.29 is 12.8 Å². The van der Waals surface area contributed by atoms with Gasteiger partial charge < -0.3 is 21.3 Å². The number of hydrogen-bond acceptors (Lipinski definition) is 9. The molecule has 0 saturated carbocycles. The third-order valence-corrected chi connectivity index (χ3v) is 9.28. The van der Waals surface area contributed by atoms with E-state index in [4.69, 9.17) is 17.3 Å². The highest BCUT2D eigenvalue weighted by molar-refractivity contribution is 7.94. The number of hydrogen-bond donors (Lipinski definition) is 4. The second-order valence-electron chi connectivity index (χ2n) is 11.0. The first-order valence-corrected chi connectivity index (χ1v) is 15.4. The fraction of sp³-hybridized carbons (Fsp3) is 0.429. The molecular formula is C28H38ClFN8O2S. The fourth-order valence-electron chi connectivity index (χ4n) is 4.24. The summed E-state index contributed by atoms with van der Waals surface area (Å²) in [6.07, 6.45) is 2.61. The molecule has 2 heterocycles. The molecule has 222 valence electrons. The highest BCUT2D eigenvalue weighted by Gasteiger charge is 2.29. The van der Waals surface area contributed by atoms with Crippen molar-refractivity contribution in [1.82, 2.24) is 14.9 Å². The van der Waals surface area contributed by atoms with Gasteiger partial charge in [0.05, 0.1) is 21.1 Å². The molecule has 0 bridgehead atoms. The topological polar surface area (TPSA) is 129 Å². The summed E-state index contributed by atoms with van der Waals surface area (Å²) in [6.45, 7) is 11.6. The molecule has 0 unspecified atom stereocenters. The van der Waals surface area contributed by atoms with E-state index in [9.17, 15) is 8.42 Å². The molecule has 41 heavy (non-hydrogen) atoms. The van der Waals surface area contributed by atoms with Gasteiger partial charge in [-0.25, -0.2) is 17.8 Å². The number of nitrogens with zero attached hydrogens (tertiary/aromatic N) is 4. The van der Waals surface area contributed by atoms with Crippen LogP contribution in [0.5, 0.6) is 0 Å². The van der Waals surface area contributed by atoms with Crippen LogP contribution in [0.25, 0.3) is 0 Å². The van der Waals surface area contributed by atoms with Crippen LogP contribution in [0.2, 0.25) is 5.02 Å². The SMILES string of the molecule is Cc1cnc(Nc2ccc(N3CCN(CCCN)CC3)c(F)c2)nc1Nc1ccc(Cl)c(NS(=O)(=O)C(C)(C)C)c1. The van der Waals surface area contributed by atoms with Crippen LogP contribution in [0.4, 0.5) is 38.9 Å². The maximum Gasteiger partial charge on any atom is 0.237 e. The number of aromatic nitrogens is 2. The zero-order valence-electron chi connectivity index (χ0n) is 23.8. The normalized spacial score (nSPS) is 14.7. The zero-order valence-corrected chi connectivity index (χ0v) is 25.4. The van der Waals surface area contributed by atoms with E-state index < -0.39 is 14.8 Å². The van der Waals surface area contributed by atoms with E-state index in [1.165, 1.54) is 6.07 Å². The summed E-state index contributed by atoms with van der Waals surface area (Å²) in [7, 11) is -3.67. The van der Waals surface area contributed by atoms with Gasteiger partial charge in [0.25, 0.3) is 0 Å². The number of anilines is 6. The second-order valence-corrected chi connectivity index (χ2v) is 13.9. The van der Waals surface area contributed by atoms with Gasteiger partial charge in [0, 0.05) is 49.3 Å². The van der Waals surface area contributed by atoms with Crippen LogP contribution in [0.1, 0.15) is 32.8 Å². The third kappa shape index (κ3) is 7.76. The predicted molar refractivity (Wildman–Crippen MR) is 166 cm³/mol. The summed E-state index contributed by atoms with van der Waals surface area (Å²) in [5.74, 6) is 0.461. The molecule has 0 atom stereocenters. The molecule has 13 heteroatoms. The first-order chi connectivity index (χ1) is 19.4. The Kier molecular flexibility index (Phi) is 9.58. The summed E-state index contributed by atoms with van der Waals surface area (Å²) in [6, 6.07) is 9.95. The Labute approximate surface area is 246 Å². The Morgan fingerprint density at radius 3 is 2.39 bits per heavy atom. The van der Waals surface area contributed by atoms with E-state index >= 15 is 4.39 Å². The predicted octanol–water partition coefficient (Wildman–Crippen LogP) is 5.08. The summed E-state index contributed by atoms with van der Waals surface area (Å²) >= 11 is 6.27. The zero-order chi connectivity index (χ0) is 29.8. The molecule has 0 spiro atoms. The van der Waals surface area contributed by atoms with Gasteiger partial charge in [-0.3, -0.25) is 9.62 Å². The van der Waals surface area contributed by atoms with Crippen molar-refractivity contribution in [3.05, 3.63) is 59.0 Å². The average Bonchev–Trinajstić information content (AvgIpc) is 2.91. The van der Waals surface area contributed by atoms with Crippen LogP contribution in [0.15, 0.2) is 42.6 Å². The van der Waals surface area contributed by atoms with Gasteiger partial charge in [0.2, 0.25) is 16.0 Å². The van der Waals surface area contributed by atoms with Crippen LogP contribution in [0.3, 0.4) is 0 Å². The molecule has 0 amide bonds. The minimum atomic E-state index is -3.67. The van der Waals surface area contributed by atoms with Gasteiger partial charge in [-0.05, 0) is 83.6 Å². The molecule has 10 nitrogen and oxygen atoms in total. The fourth-order valence-corrected chi connectivity index (χ4v) is 5.23. The van der Waals surface area contributed by atoms with Crippen LogP contribution in [-0.2, 0) is 10.0 Å². The Morgan fingerprint density at radius 2 is 1.73 bits per heavy atom. The number of nitrogens with two attached hydrogens (primary N) is 1. The number of sulfonamides is 1. The van der Waals surface area contributed by atoms with Gasteiger partial charge in [-0.15, -0.1) is 0 Å². The summed E-state index contributed by atoms with van der Waals surface area (Å²) in [4.78, 5) is 13.3. The van der Waals surface area contributed by atoms with Crippen molar-refractivity contribution in [2.75, 3.05) is 59.5 Å². The minimum Gasteiger partial charge on any atom is -0.367 e. The lowest BCUT2D eigenvalue weighted by atomic mass is 10.2. The van der Waals surface area contributed by atoms with E-state index in [1.54, 1.807) is 51.2 Å². The molecule has 4 rings (SSSR count). The molecule has 0 radical (unpaired) electrons. The second kappa shape index (κ2) is 12.8. The molecule has 2 aromatic carbocycles. The smallest absolute Gasteiger partial charge is 0.237 e. The lowest BCUT2D eigenvalue weighted by Gasteiger charge is -2.36. The van der Waals surface area contributed by atoms with Gasteiger partial charge in [-0.1, -0.05) is 11.6 Å². The number of nitrogens with one attached hydrogen (secondary N) is 3. The Balaban J connectivity index is 1.45. The minimum absolute atomic E-state index is 0.254. The van der Waals surface area contributed by atoms with Crippen molar-refractivity contribution in [1.29, 1.82) is 0 Å². The van der Waals surface area contributed by atoms with Crippen molar-refractivity contribution in [3.63, 3.8) is 0 Å². The van der Waals surface area contributed by atoms with Crippen molar-refractivity contribution >= 4 is 56.1 Å². The Bertz CT molecular complexity index is 1470. The number of piperazine rings is 1. The molecule has 3 aromatic rings. The standard InChI is InChI=1S/C28H38ClFN8O2S/c1-19-18-32-27(34-20-7-9-25(23(30)16-20)38-14-12-37(13-15-38)11-5-10-31)35-26(19)33-21-6-8-22(29)24(17-21)36-41(39,40)28(2,3)4/h6-9,16-18,36H,5,10-15,31H2,1-4H3,(H2,32,33,34,35). The molecular weight excluding hydrogens is 567 g/mol. The average molecular weight is 605 g/mol. The van der Waals surface area contributed by atoms with Gasteiger partial charge in [0.1, 0.15) is 11.6 Å².